The lowest BCUT2D eigenvalue weighted by molar-refractivity contribution is 0.461. The zero-order valence-corrected chi connectivity index (χ0v) is 15.0. The first-order valence-electron chi connectivity index (χ1n) is 9.01. The standard InChI is InChI=1S/C20H26FN3O/c1-4-24-11-14(12(2)3)20(25)17-16(24)10-15(18(21)19(17)22)23-13-8-6-5-7-9-13/h10-11,13,23H,2,4-9,22H2,1,3H3. The molecule has 0 aliphatic heterocycles. The Bertz CT molecular complexity index is 879. The molecule has 0 saturated heterocycles. The van der Waals surface area contributed by atoms with Crippen LogP contribution in [0.3, 0.4) is 0 Å². The highest BCUT2D eigenvalue weighted by Gasteiger charge is 2.20. The van der Waals surface area contributed by atoms with Gasteiger partial charge < -0.3 is 15.6 Å². The fourth-order valence-corrected chi connectivity index (χ4v) is 3.69. The molecule has 3 rings (SSSR count). The van der Waals surface area contributed by atoms with Crippen molar-refractivity contribution < 1.29 is 4.39 Å². The number of fused-ring (bicyclic) bond motifs is 1. The maximum Gasteiger partial charge on any atom is 0.199 e. The van der Waals surface area contributed by atoms with Crippen molar-refractivity contribution in [2.24, 2.45) is 0 Å². The van der Waals surface area contributed by atoms with Gasteiger partial charge >= 0.3 is 0 Å². The van der Waals surface area contributed by atoms with E-state index in [1.165, 1.54) is 6.42 Å². The number of nitrogens with one attached hydrogen (secondary N) is 1. The molecule has 1 aliphatic rings. The fraction of sp³-hybridized carbons (Fsp3) is 0.450. The Balaban J connectivity index is 2.19. The molecule has 3 N–H and O–H groups in total. The zero-order chi connectivity index (χ0) is 18.1. The third-order valence-electron chi connectivity index (χ3n) is 5.11. The second-order valence-electron chi connectivity index (χ2n) is 6.96. The number of allylic oxidation sites excluding steroid dienone is 1. The summed E-state index contributed by atoms with van der Waals surface area (Å²) in [4.78, 5) is 12.8. The number of nitrogen functional groups attached to an aromatic ring is 1. The van der Waals surface area contributed by atoms with Crippen molar-refractivity contribution in [2.75, 3.05) is 11.1 Å². The molecule has 0 amide bonds. The number of hydrogen-bond donors (Lipinski definition) is 2. The van der Waals surface area contributed by atoms with Crippen molar-refractivity contribution in [3.05, 3.63) is 40.4 Å². The van der Waals surface area contributed by atoms with Crippen molar-refractivity contribution in [3.8, 4) is 0 Å². The van der Waals surface area contributed by atoms with Gasteiger partial charge in [0.2, 0.25) is 0 Å². The normalized spacial score (nSPS) is 15.5. The molecule has 0 atom stereocenters. The Morgan fingerprint density at radius 3 is 2.68 bits per heavy atom. The van der Waals surface area contributed by atoms with Crippen LogP contribution >= 0.6 is 0 Å². The highest BCUT2D eigenvalue weighted by atomic mass is 19.1. The Morgan fingerprint density at radius 2 is 2.08 bits per heavy atom. The van der Waals surface area contributed by atoms with Crippen molar-refractivity contribution in [3.63, 3.8) is 0 Å². The van der Waals surface area contributed by atoms with Crippen molar-refractivity contribution in [2.45, 2.75) is 58.5 Å². The molecule has 2 aromatic rings. The number of benzene rings is 1. The van der Waals surface area contributed by atoms with Gasteiger partial charge in [-0.25, -0.2) is 4.39 Å². The van der Waals surface area contributed by atoms with Gasteiger partial charge in [-0.1, -0.05) is 25.8 Å². The minimum Gasteiger partial charge on any atom is -0.396 e. The van der Waals surface area contributed by atoms with Gasteiger partial charge in [-0.3, -0.25) is 4.79 Å². The van der Waals surface area contributed by atoms with E-state index in [0.29, 0.717) is 28.9 Å². The summed E-state index contributed by atoms with van der Waals surface area (Å²) in [5, 5.41) is 3.55. The summed E-state index contributed by atoms with van der Waals surface area (Å²) in [6, 6.07) is 1.99. The molecule has 0 spiro atoms. The number of aromatic nitrogens is 1. The summed E-state index contributed by atoms with van der Waals surface area (Å²) in [6.45, 7) is 8.27. The van der Waals surface area contributed by atoms with Crippen LogP contribution < -0.4 is 16.5 Å². The second-order valence-corrected chi connectivity index (χ2v) is 6.96. The molecule has 4 nitrogen and oxygen atoms in total. The Labute approximate surface area is 147 Å². The van der Waals surface area contributed by atoms with Crippen LogP contribution in [0.4, 0.5) is 15.8 Å². The van der Waals surface area contributed by atoms with Gasteiger partial charge in [0.05, 0.1) is 22.3 Å². The summed E-state index contributed by atoms with van der Waals surface area (Å²) in [5.74, 6) is -0.531. The van der Waals surface area contributed by atoms with E-state index in [0.717, 1.165) is 25.7 Å². The molecule has 134 valence electrons. The Morgan fingerprint density at radius 1 is 1.40 bits per heavy atom. The lowest BCUT2D eigenvalue weighted by Crippen LogP contribution is -2.24. The van der Waals surface area contributed by atoms with Crippen LogP contribution in [0.25, 0.3) is 16.5 Å². The minimum absolute atomic E-state index is 0.0777. The van der Waals surface area contributed by atoms with Crippen LogP contribution in [-0.4, -0.2) is 10.6 Å². The van der Waals surface area contributed by atoms with Crippen molar-refractivity contribution in [1.29, 1.82) is 0 Å². The summed E-state index contributed by atoms with van der Waals surface area (Å²) in [5.41, 5.74) is 7.91. The van der Waals surface area contributed by atoms with E-state index in [4.69, 9.17) is 5.73 Å². The molecular weight excluding hydrogens is 317 g/mol. The largest absolute Gasteiger partial charge is 0.396 e. The summed E-state index contributed by atoms with van der Waals surface area (Å²) < 4.78 is 16.8. The number of nitrogens with two attached hydrogens (primary N) is 1. The maximum absolute atomic E-state index is 14.9. The van der Waals surface area contributed by atoms with Crippen LogP contribution in [0.2, 0.25) is 0 Å². The van der Waals surface area contributed by atoms with E-state index in [1.54, 1.807) is 19.2 Å². The zero-order valence-electron chi connectivity index (χ0n) is 15.0. The number of anilines is 2. The molecule has 1 saturated carbocycles. The lowest BCUT2D eigenvalue weighted by Gasteiger charge is -2.25. The molecule has 0 radical (unpaired) electrons. The molecule has 1 heterocycles. The van der Waals surface area contributed by atoms with Crippen molar-refractivity contribution in [1.82, 2.24) is 4.57 Å². The van der Waals surface area contributed by atoms with Gasteiger partial charge in [0.15, 0.2) is 11.2 Å². The molecule has 0 bridgehead atoms. The number of pyridine rings is 1. The molecule has 0 unspecified atom stereocenters. The quantitative estimate of drug-likeness (QED) is 0.802. The van der Waals surface area contributed by atoms with Crippen LogP contribution in [-0.2, 0) is 6.54 Å². The Hall–Kier alpha value is -2.30. The van der Waals surface area contributed by atoms with Gasteiger partial charge in [0.1, 0.15) is 0 Å². The molecule has 1 fully saturated rings. The topological polar surface area (TPSA) is 60.1 Å². The molecule has 1 aliphatic carbocycles. The summed E-state index contributed by atoms with van der Waals surface area (Å²) >= 11 is 0. The van der Waals surface area contributed by atoms with E-state index in [9.17, 15) is 9.18 Å². The van der Waals surface area contributed by atoms with Gasteiger partial charge in [0, 0.05) is 24.3 Å². The van der Waals surface area contributed by atoms with Crippen LogP contribution in [0.15, 0.2) is 23.6 Å². The smallest absolute Gasteiger partial charge is 0.199 e. The first-order chi connectivity index (χ1) is 11.9. The monoisotopic (exact) mass is 343 g/mol. The average molecular weight is 343 g/mol. The number of nitrogens with zero attached hydrogens (tertiary/aromatic N) is 1. The number of halogens is 1. The van der Waals surface area contributed by atoms with E-state index in [2.05, 4.69) is 11.9 Å². The second kappa shape index (κ2) is 6.90. The lowest BCUT2D eigenvalue weighted by atomic mass is 9.95. The highest BCUT2D eigenvalue weighted by molar-refractivity contribution is 5.95. The number of hydrogen-bond acceptors (Lipinski definition) is 3. The molecule has 1 aromatic heterocycles. The van der Waals surface area contributed by atoms with Crippen LogP contribution in [0.1, 0.15) is 51.5 Å². The third kappa shape index (κ3) is 3.15. The van der Waals surface area contributed by atoms with Gasteiger partial charge in [-0.15, -0.1) is 0 Å². The number of rotatable bonds is 4. The van der Waals surface area contributed by atoms with E-state index >= 15 is 0 Å². The fourth-order valence-electron chi connectivity index (χ4n) is 3.69. The highest BCUT2D eigenvalue weighted by Crippen LogP contribution is 2.31. The van der Waals surface area contributed by atoms with Crippen LogP contribution in [0.5, 0.6) is 0 Å². The van der Waals surface area contributed by atoms with E-state index < -0.39 is 5.82 Å². The maximum atomic E-state index is 14.9. The van der Waals surface area contributed by atoms with Gasteiger partial charge in [-0.2, -0.15) is 0 Å². The third-order valence-corrected chi connectivity index (χ3v) is 5.11. The predicted molar refractivity (Wildman–Crippen MR) is 103 cm³/mol. The average Bonchev–Trinajstić information content (AvgIpc) is 2.60. The van der Waals surface area contributed by atoms with E-state index in [-0.39, 0.29) is 22.5 Å². The minimum atomic E-state index is -0.531. The van der Waals surface area contributed by atoms with Crippen LogP contribution in [0, 0.1) is 5.82 Å². The summed E-state index contributed by atoms with van der Waals surface area (Å²) in [7, 11) is 0. The SMILES string of the molecule is C=C(C)c1cn(CC)c2cc(NC3CCCCC3)c(F)c(N)c2c1=O. The van der Waals surface area contributed by atoms with E-state index in [1.807, 2.05) is 11.5 Å². The Kier molecular flexibility index (Phi) is 4.84. The predicted octanol–water partition coefficient (Wildman–Crippen LogP) is 4.52. The molecule has 1 aromatic carbocycles. The molecule has 25 heavy (non-hydrogen) atoms. The molecule has 5 heteroatoms. The van der Waals surface area contributed by atoms with Gasteiger partial charge in [-0.05, 0) is 38.3 Å². The molecular formula is C20H26FN3O. The van der Waals surface area contributed by atoms with Crippen molar-refractivity contribution >= 4 is 27.9 Å². The summed E-state index contributed by atoms with van der Waals surface area (Å²) in [6.07, 6.45) is 7.40. The first kappa shape index (κ1) is 17.5. The van der Waals surface area contributed by atoms with Gasteiger partial charge in [0.25, 0.3) is 0 Å². The number of aryl methyl sites for hydroxylation is 1. The first-order valence-corrected chi connectivity index (χ1v) is 9.01.